The SMILES string of the molecule is CCOC(=O)C(C(=NC1CC1)SC)=C(O)c1ccc(F)c(OC)c1F. The number of esters is 1. The third-order valence-electron chi connectivity index (χ3n) is 3.48. The minimum Gasteiger partial charge on any atom is -0.506 e. The van der Waals surface area contributed by atoms with Crippen LogP contribution < -0.4 is 4.74 Å². The van der Waals surface area contributed by atoms with Crippen LogP contribution in [-0.4, -0.2) is 42.1 Å². The molecule has 136 valence electrons. The molecule has 0 aromatic heterocycles. The average molecular weight is 371 g/mol. The van der Waals surface area contributed by atoms with Crippen LogP contribution in [0.3, 0.4) is 0 Å². The molecule has 0 bridgehead atoms. The Morgan fingerprint density at radius 3 is 2.60 bits per heavy atom. The van der Waals surface area contributed by atoms with Crippen molar-refractivity contribution in [3.8, 4) is 5.75 Å². The van der Waals surface area contributed by atoms with E-state index in [1.54, 1.807) is 13.2 Å². The van der Waals surface area contributed by atoms with E-state index < -0.39 is 29.1 Å². The second-order valence-corrected chi connectivity index (χ2v) is 6.05. The fourth-order valence-corrected chi connectivity index (χ4v) is 2.75. The lowest BCUT2D eigenvalue weighted by Gasteiger charge is -2.13. The Morgan fingerprint density at radius 2 is 2.08 bits per heavy atom. The van der Waals surface area contributed by atoms with E-state index in [0.717, 1.165) is 43.8 Å². The first kappa shape index (κ1) is 19.2. The highest BCUT2D eigenvalue weighted by molar-refractivity contribution is 8.14. The fraction of sp³-hybridized carbons (Fsp3) is 0.412. The van der Waals surface area contributed by atoms with Crippen LogP contribution in [0, 0.1) is 11.6 Å². The van der Waals surface area contributed by atoms with E-state index in [1.807, 2.05) is 0 Å². The normalized spacial score (nSPS) is 15.6. The molecular weight excluding hydrogens is 352 g/mol. The highest BCUT2D eigenvalue weighted by Crippen LogP contribution is 2.32. The van der Waals surface area contributed by atoms with E-state index in [-0.39, 0.29) is 28.8 Å². The number of methoxy groups -OCH3 is 1. The van der Waals surface area contributed by atoms with Gasteiger partial charge in [0.2, 0.25) is 0 Å². The number of benzene rings is 1. The van der Waals surface area contributed by atoms with Crippen LogP contribution in [0.2, 0.25) is 0 Å². The van der Waals surface area contributed by atoms with E-state index in [4.69, 9.17) is 4.74 Å². The molecule has 2 rings (SSSR count). The molecule has 1 saturated carbocycles. The van der Waals surface area contributed by atoms with E-state index in [2.05, 4.69) is 9.73 Å². The van der Waals surface area contributed by atoms with Crippen molar-refractivity contribution < 1.29 is 28.2 Å². The van der Waals surface area contributed by atoms with Gasteiger partial charge in [-0.3, -0.25) is 4.99 Å². The zero-order chi connectivity index (χ0) is 18.6. The lowest BCUT2D eigenvalue weighted by Crippen LogP contribution is -2.17. The van der Waals surface area contributed by atoms with Gasteiger partial charge in [0.25, 0.3) is 0 Å². The summed E-state index contributed by atoms with van der Waals surface area (Å²) in [5.41, 5.74) is -0.604. The molecule has 1 aromatic rings. The first-order chi connectivity index (χ1) is 11.9. The molecule has 0 atom stereocenters. The Morgan fingerprint density at radius 1 is 1.40 bits per heavy atom. The summed E-state index contributed by atoms with van der Waals surface area (Å²) < 4.78 is 37.7. The van der Waals surface area contributed by atoms with Gasteiger partial charge < -0.3 is 14.6 Å². The van der Waals surface area contributed by atoms with Crippen molar-refractivity contribution in [1.29, 1.82) is 0 Å². The third-order valence-corrected chi connectivity index (χ3v) is 4.17. The first-order valence-corrected chi connectivity index (χ1v) is 8.91. The molecule has 1 N–H and O–H groups in total. The number of nitrogens with zero attached hydrogens (tertiary/aromatic N) is 1. The lowest BCUT2D eigenvalue weighted by atomic mass is 10.1. The van der Waals surface area contributed by atoms with Gasteiger partial charge in [-0.25, -0.2) is 13.6 Å². The molecule has 1 fully saturated rings. The maximum atomic E-state index is 14.5. The number of aliphatic hydroxyl groups excluding tert-OH is 1. The smallest absolute Gasteiger partial charge is 0.344 e. The van der Waals surface area contributed by atoms with Gasteiger partial charge in [0, 0.05) is 0 Å². The van der Waals surface area contributed by atoms with Gasteiger partial charge in [0.15, 0.2) is 17.4 Å². The maximum Gasteiger partial charge on any atom is 0.344 e. The number of aliphatic imine (C=N–C) groups is 1. The molecule has 1 aliphatic carbocycles. The molecule has 0 saturated heterocycles. The molecule has 1 aliphatic rings. The minimum atomic E-state index is -1.10. The zero-order valence-corrected chi connectivity index (χ0v) is 15.0. The number of ether oxygens (including phenoxy) is 2. The standard InChI is InChI=1S/C17H19F2NO4S/c1-4-24-17(22)12(16(25-3)20-9-5-6-9)14(21)10-7-8-11(18)15(23-2)13(10)19/h7-9,21H,4-6H2,1-3H3. The van der Waals surface area contributed by atoms with Crippen molar-refractivity contribution in [2.45, 2.75) is 25.8 Å². The monoisotopic (exact) mass is 371 g/mol. The highest BCUT2D eigenvalue weighted by Gasteiger charge is 2.29. The topological polar surface area (TPSA) is 68.1 Å². The number of hydrogen-bond donors (Lipinski definition) is 1. The van der Waals surface area contributed by atoms with E-state index in [0.29, 0.717) is 0 Å². The van der Waals surface area contributed by atoms with E-state index >= 15 is 0 Å². The Kier molecular flexibility index (Phi) is 6.41. The fourth-order valence-electron chi connectivity index (χ4n) is 2.11. The van der Waals surface area contributed by atoms with Crippen LogP contribution in [0.25, 0.3) is 5.76 Å². The van der Waals surface area contributed by atoms with Gasteiger partial charge in [-0.05, 0) is 38.2 Å². The Labute approximate surface area is 148 Å². The second-order valence-electron chi connectivity index (χ2n) is 5.26. The van der Waals surface area contributed by atoms with E-state index in [1.165, 1.54) is 0 Å². The molecule has 5 nitrogen and oxygen atoms in total. The van der Waals surface area contributed by atoms with Crippen LogP contribution in [0.4, 0.5) is 8.78 Å². The van der Waals surface area contributed by atoms with Crippen molar-refractivity contribution >= 4 is 28.5 Å². The Hall–Kier alpha value is -2.09. The predicted molar refractivity (Wildman–Crippen MR) is 93.1 cm³/mol. The molecule has 25 heavy (non-hydrogen) atoms. The van der Waals surface area contributed by atoms with Crippen molar-refractivity contribution in [2.75, 3.05) is 20.0 Å². The summed E-state index contributed by atoms with van der Waals surface area (Å²) in [6, 6.07) is 2.07. The van der Waals surface area contributed by atoms with Gasteiger partial charge in [0.1, 0.15) is 16.4 Å². The third kappa shape index (κ3) is 4.31. The van der Waals surface area contributed by atoms with Crippen LogP contribution in [0.5, 0.6) is 5.75 Å². The summed E-state index contributed by atoms with van der Waals surface area (Å²) in [6.45, 7) is 1.70. The second kappa shape index (κ2) is 8.33. The largest absolute Gasteiger partial charge is 0.506 e. The molecule has 0 unspecified atom stereocenters. The van der Waals surface area contributed by atoms with Crippen LogP contribution in [0.15, 0.2) is 22.7 Å². The number of thioether (sulfide) groups is 1. The van der Waals surface area contributed by atoms with Gasteiger partial charge >= 0.3 is 5.97 Å². The number of hydrogen-bond acceptors (Lipinski definition) is 6. The van der Waals surface area contributed by atoms with Crippen molar-refractivity contribution in [3.63, 3.8) is 0 Å². The number of carbonyl (C=O) groups is 1. The summed E-state index contributed by atoms with van der Waals surface area (Å²) in [5.74, 6) is -4.14. The summed E-state index contributed by atoms with van der Waals surface area (Å²) in [7, 11) is 1.11. The zero-order valence-electron chi connectivity index (χ0n) is 14.1. The van der Waals surface area contributed by atoms with Crippen LogP contribution in [-0.2, 0) is 9.53 Å². The first-order valence-electron chi connectivity index (χ1n) is 7.69. The van der Waals surface area contributed by atoms with Gasteiger partial charge in [-0.1, -0.05) is 0 Å². The molecule has 0 heterocycles. The molecular formula is C17H19F2NO4S. The molecule has 0 radical (unpaired) electrons. The summed E-state index contributed by atoms with van der Waals surface area (Å²) in [5, 5.41) is 10.8. The number of aliphatic hydroxyl groups is 1. The predicted octanol–water partition coefficient (Wildman–Crippen LogP) is 3.73. The highest BCUT2D eigenvalue weighted by atomic mass is 32.2. The minimum absolute atomic E-state index is 0.0762. The molecule has 0 amide bonds. The van der Waals surface area contributed by atoms with Gasteiger partial charge in [-0.2, -0.15) is 0 Å². The molecule has 0 aliphatic heterocycles. The maximum absolute atomic E-state index is 14.5. The summed E-state index contributed by atoms with van der Waals surface area (Å²) in [6.07, 6.45) is 3.47. The van der Waals surface area contributed by atoms with Crippen molar-refractivity contribution in [2.24, 2.45) is 4.99 Å². The Balaban J connectivity index is 2.63. The summed E-state index contributed by atoms with van der Waals surface area (Å²) in [4.78, 5) is 16.7. The van der Waals surface area contributed by atoms with Crippen molar-refractivity contribution in [3.05, 3.63) is 34.9 Å². The molecule has 8 heteroatoms. The summed E-state index contributed by atoms with van der Waals surface area (Å²) >= 11 is 1.15. The molecule has 1 aromatic carbocycles. The van der Waals surface area contributed by atoms with E-state index in [9.17, 15) is 18.7 Å². The number of rotatable bonds is 6. The molecule has 0 spiro atoms. The van der Waals surface area contributed by atoms with Gasteiger partial charge in [0.05, 0.1) is 25.3 Å². The average Bonchev–Trinajstić information content (AvgIpc) is 3.38. The Bertz CT molecular complexity index is 730. The quantitative estimate of drug-likeness (QED) is 0.271. The van der Waals surface area contributed by atoms with Crippen LogP contribution >= 0.6 is 11.8 Å². The van der Waals surface area contributed by atoms with Crippen molar-refractivity contribution in [1.82, 2.24) is 0 Å². The van der Waals surface area contributed by atoms with Gasteiger partial charge in [-0.15, -0.1) is 11.8 Å². The number of carbonyl (C=O) groups excluding carboxylic acids is 1. The lowest BCUT2D eigenvalue weighted by molar-refractivity contribution is -0.137. The number of halogens is 2. The van der Waals surface area contributed by atoms with Crippen LogP contribution in [0.1, 0.15) is 25.3 Å².